The Morgan fingerprint density at radius 1 is 1.28 bits per heavy atom. The number of hydrogen-bond acceptors (Lipinski definition) is 3. The van der Waals surface area contributed by atoms with Crippen molar-refractivity contribution >= 4 is 44.8 Å². The van der Waals surface area contributed by atoms with Crippen molar-refractivity contribution in [3.8, 4) is 0 Å². The highest BCUT2D eigenvalue weighted by molar-refractivity contribution is 7.90. The van der Waals surface area contributed by atoms with Crippen LogP contribution >= 0.6 is 34.8 Å². The van der Waals surface area contributed by atoms with Crippen LogP contribution in [0, 0.1) is 0 Å². The molecule has 0 bridgehead atoms. The monoisotopic (exact) mass is 345 g/mol. The van der Waals surface area contributed by atoms with Crippen LogP contribution in [0.25, 0.3) is 0 Å². The molecule has 0 amide bonds. The Morgan fingerprint density at radius 2 is 1.83 bits per heavy atom. The molecule has 104 valence electrons. The van der Waals surface area contributed by atoms with E-state index < -0.39 is 25.4 Å². The SMILES string of the molecule is O=S(=O)(NC(c1ccco1)C(Cl)(Cl)Cl)C(F)(F)F. The molecule has 0 radical (unpaired) electrons. The molecule has 0 fully saturated rings. The molecule has 4 nitrogen and oxygen atoms in total. The maximum Gasteiger partial charge on any atom is 0.511 e. The molecular formula is C7H5Cl3F3NO3S. The summed E-state index contributed by atoms with van der Waals surface area (Å²) < 4.78 is 62.2. The minimum atomic E-state index is -5.67. The fourth-order valence-corrected chi connectivity index (χ4v) is 2.38. The maximum absolute atomic E-state index is 12.2. The molecule has 0 aliphatic rings. The zero-order valence-electron chi connectivity index (χ0n) is 8.21. The van der Waals surface area contributed by atoms with E-state index in [1.54, 1.807) is 0 Å². The van der Waals surface area contributed by atoms with Gasteiger partial charge in [0.2, 0.25) is 3.79 Å². The molecule has 1 aromatic heterocycles. The summed E-state index contributed by atoms with van der Waals surface area (Å²) >= 11 is 16.3. The van der Waals surface area contributed by atoms with Crippen LogP contribution in [-0.4, -0.2) is 17.7 Å². The third-order valence-electron chi connectivity index (χ3n) is 1.73. The third-order valence-corrected chi connectivity index (χ3v) is 3.54. The standard InChI is InChI=1S/C7H5Cl3F3NO3S/c8-6(9,10)5(4-2-1-3-17-4)14-18(15,16)7(11,12)13/h1-3,5,14H. The molecule has 0 saturated heterocycles. The van der Waals surface area contributed by atoms with Crippen molar-refractivity contribution in [2.75, 3.05) is 0 Å². The Morgan fingerprint density at radius 3 is 2.17 bits per heavy atom. The lowest BCUT2D eigenvalue weighted by Gasteiger charge is -2.23. The fraction of sp³-hybridized carbons (Fsp3) is 0.429. The maximum atomic E-state index is 12.2. The smallest absolute Gasteiger partial charge is 0.467 e. The average Bonchev–Trinajstić information content (AvgIpc) is 2.62. The first kappa shape index (κ1) is 15.9. The molecule has 1 aromatic rings. The van der Waals surface area contributed by atoms with Crippen LogP contribution in [0.15, 0.2) is 22.8 Å². The summed E-state index contributed by atoms with van der Waals surface area (Å²) in [6, 6.07) is 0.677. The first-order valence-corrected chi connectivity index (χ1v) is 6.75. The summed E-state index contributed by atoms with van der Waals surface area (Å²) in [7, 11) is -5.67. The summed E-state index contributed by atoms with van der Waals surface area (Å²) in [5, 5.41) is 0. The van der Waals surface area contributed by atoms with Crippen molar-refractivity contribution in [3.63, 3.8) is 0 Å². The van der Waals surface area contributed by atoms with Gasteiger partial charge in [-0.3, -0.25) is 0 Å². The van der Waals surface area contributed by atoms with Crippen molar-refractivity contribution in [3.05, 3.63) is 24.2 Å². The molecule has 0 saturated carbocycles. The molecule has 0 aliphatic carbocycles. The first-order chi connectivity index (χ1) is 7.95. The van der Waals surface area contributed by atoms with Gasteiger partial charge in [-0.25, -0.2) is 8.42 Å². The molecule has 0 spiro atoms. The van der Waals surface area contributed by atoms with Gasteiger partial charge in [-0.2, -0.15) is 17.9 Å². The molecule has 11 heteroatoms. The van der Waals surface area contributed by atoms with Crippen molar-refractivity contribution in [1.29, 1.82) is 0 Å². The molecule has 1 rings (SSSR count). The highest BCUT2D eigenvalue weighted by Gasteiger charge is 2.50. The summed E-state index contributed by atoms with van der Waals surface area (Å²) in [6.45, 7) is 0. The summed E-state index contributed by atoms with van der Waals surface area (Å²) in [5.41, 5.74) is -5.52. The zero-order valence-corrected chi connectivity index (χ0v) is 11.3. The molecule has 0 aromatic carbocycles. The van der Waals surface area contributed by atoms with Gasteiger partial charge in [0.25, 0.3) is 0 Å². The van der Waals surface area contributed by atoms with Crippen molar-refractivity contribution < 1.29 is 26.0 Å². The number of halogens is 6. The van der Waals surface area contributed by atoms with Gasteiger partial charge in [-0.1, -0.05) is 34.8 Å². The van der Waals surface area contributed by atoms with E-state index in [1.807, 2.05) is 0 Å². The lowest BCUT2D eigenvalue weighted by Crippen LogP contribution is -2.42. The minimum Gasteiger partial charge on any atom is -0.467 e. The number of hydrogen-bond donors (Lipinski definition) is 1. The van der Waals surface area contributed by atoms with E-state index in [4.69, 9.17) is 39.2 Å². The Balaban J connectivity index is 3.10. The van der Waals surface area contributed by atoms with Gasteiger partial charge >= 0.3 is 15.5 Å². The average molecular weight is 347 g/mol. The van der Waals surface area contributed by atoms with Gasteiger partial charge in [-0.15, -0.1) is 0 Å². The van der Waals surface area contributed by atoms with Gasteiger partial charge < -0.3 is 4.42 Å². The quantitative estimate of drug-likeness (QED) is 0.856. The number of rotatable bonds is 3. The van der Waals surface area contributed by atoms with Crippen LogP contribution in [0.3, 0.4) is 0 Å². The largest absolute Gasteiger partial charge is 0.511 e. The number of sulfonamides is 1. The van der Waals surface area contributed by atoms with E-state index >= 15 is 0 Å². The number of furan rings is 1. The summed E-state index contributed by atoms with van der Waals surface area (Å²) in [5.74, 6) is -0.261. The van der Waals surface area contributed by atoms with Crippen LogP contribution in [0.1, 0.15) is 11.8 Å². The molecule has 0 aliphatic heterocycles. The Kier molecular flexibility index (Phi) is 4.49. The van der Waals surface area contributed by atoms with Gasteiger partial charge in [0.15, 0.2) is 0 Å². The highest BCUT2D eigenvalue weighted by Crippen LogP contribution is 2.41. The first-order valence-electron chi connectivity index (χ1n) is 4.14. The predicted octanol–water partition coefficient (Wildman–Crippen LogP) is 3.13. The van der Waals surface area contributed by atoms with Crippen LogP contribution < -0.4 is 4.72 Å². The van der Waals surface area contributed by atoms with Crippen molar-refractivity contribution in [2.24, 2.45) is 0 Å². The topological polar surface area (TPSA) is 59.3 Å². The van der Waals surface area contributed by atoms with E-state index in [9.17, 15) is 21.6 Å². The Bertz CT molecular complexity index is 494. The molecular weight excluding hydrogens is 342 g/mol. The predicted molar refractivity (Wildman–Crippen MR) is 59.8 cm³/mol. The lowest BCUT2D eigenvalue weighted by atomic mass is 10.3. The van der Waals surface area contributed by atoms with Crippen LogP contribution in [0.2, 0.25) is 0 Å². The van der Waals surface area contributed by atoms with Crippen molar-refractivity contribution in [2.45, 2.75) is 15.3 Å². The zero-order chi connectivity index (χ0) is 14.2. The fourth-order valence-electron chi connectivity index (χ4n) is 0.964. The van der Waals surface area contributed by atoms with Crippen molar-refractivity contribution in [1.82, 2.24) is 4.72 Å². The van der Waals surface area contributed by atoms with E-state index in [2.05, 4.69) is 0 Å². The summed E-state index contributed by atoms with van der Waals surface area (Å²) in [6.07, 6.45) is 1.10. The Labute approximate surface area is 115 Å². The number of alkyl halides is 6. The van der Waals surface area contributed by atoms with E-state index in [0.29, 0.717) is 0 Å². The normalized spacial score (nSPS) is 15.7. The molecule has 1 unspecified atom stereocenters. The second-order valence-electron chi connectivity index (χ2n) is 3.06. The van der Waals surface area contributed by atoms with E-state index in [1.165, 1.54) is 16.9 Å². The van der Waals surface area contributed by atoms with Crippen LogP contribution in [0.5, 0.6) is 0 Å². The van der Waals surface area contributed by atoms with Gasteiger partial charge in [-0.05, 0) is 12.1 Å². The third kappa shape index (κ3) is 3.67. The molecule has 18 heavy (non-hydrogen) atoms. The molecule has 1 N–H and O–H groups in total. The Hall–Kier alpha value is -0.150. The molecule has 1 atom stereocenters. The molecule has 1 heterocycles. The number of nitrogens with one attached hydrogen (secondary N) is 1. The van der Waals surface area contributed by atoms with Gasteiger partial charge in [0.1, 0.15) is 11.8 Å². The summed E-state index contributed by atoms with van der Waals surface area (Å²) in [4.78, 5) is 0. The van der Waals surface area contributed by atoms with Crippen LogP contribution in [-0.2, 0) is 10.0 Å². The second kappa shape index (κ2) is 5.09. The van der Waals surface area contributed by atoms with E-state index in [0.717, 1.165) is 6.26 Å². The second-order valence-corrected chi connectivity index (χ2v) is 7.13. The van der Waals surface area contributed by atoms with Gasteiger partial charge in [0, 0.05) is 0 Å². The lowest BCUT2D eigenvalue weighted by molar-refractivity contribution is -0.0451. The minimum absolute atomic E-state index is 0.261. The van der Waals surface area contributed by atoms with E-state index in [-0.39, 0.29) is 5.76 Å². The van der Waals surface area contributed by atoms with Gasteiger partial charge in [0.05, 0.1) is 6.26 Å². The van der Waals surface area contributed by atoms with Crippen LogP contribution in [0.4, 0.5) is 13.2 Å². The highest BCUT2D eigenvalue weighted by atomic mass is 35.6.